The first-order chi connectivity index (χ1) is 19.2. The summed E-state index contributed by atoms with van der Waals surface area (Å²) in [5, 5.41) is 11.7. The van der Waals surface area contributed by atoms with E-state index in [1.807, 2.05) is 6.92 Å². The number of fused-ring (bicyclic) bond motifs is 1. The van der Waals surface area contributed by atoms with Gasteiger partial charge in [0.25, 0.3) is 5.78 Å². The predicted octanol–water partition coefficient (Wildman–Crippen LogP) is 5.14. The maximum atomic E-state index is 13.6. The van der Waals surface area contributed by atoms with Crippen LogP contribution >= 0.6 is 11.3 Å². The number of benzene rings is 2. The van der Waals surface area contributed by atoms with E-state index in [4.69, 9.17) is 14.2 Å². The molecule has 3 heterocycles. The van der Waals surface area contributed by atoms with Crippen LogP contribution in [0.3, 0.4) is 0 Å². The predicted molar refractivity (Wildman–Crippen MR) is 150 cm³/mol. The van der Waals surface area contributed by atoms with Crippen LogP contribution in [0.1, 0.15) is 51.9 Å². The van der Waals surface area contributed by atoms with Crippen LogP contribution in [-0.4, -0.2) is 47.1 Å². The molecule has 2 aromatic carbocycles. The van der Waals surface area contributed by atoms with Crippen molar-refractivity contribution in [3.63, 3.8) is 0 Å². The van der Waals surface area contributed by atoms with Gasteiger partial charge in [-0.3, -0.25) is 14.5 Å². The average molecular weight is 561 g/mol. The van der Waals surface area contributed by atoms with Gasteiger partial charge in [0.15, 0.2) is 5.13 Å². The fourth-order valence-electron chi connectivity index (χ4n) is 4.87. The van der Waals surface area contributed by atoms with Gasteiger partial charge in [-0.15, -0.1) is 0 Å². The lowest BCUT2D eigenvalue weighted by Crippen LogP contribution is -2.29. The van der Waals surface area contributed by atoms with E-state index in [9.17, 15) is 19.5 Å². The number of aliphatic hydroxyl groups is 1. The van der Waals surface area contributed by atoms with Crippen molar-refractivity contribution >= 4 is 39.9 Å². The number of aryl methyl sites for hydroxylation is 1. The molecule has 0 radical (unpaired) electrons. The van der Waals surface area contributed by atoms with E-state index in [0.29, 0.717) is 29.0 Å². The van der Waals surface area contributed by atoms with Crippen LogP contribution in [0.25, 0.3) is 5.76 Å². The minimum absolute atomic E-state index is 0.00183. The number of aromatic nitrogens is 1. The van der Waals surface area contributed by atoms with Crippen LogP contribution in [0.2, 0.25) is 0 Å². The van der Waals surface area contributed by atoms with E-state index < -0.39 is 23.7 Å². The molecule has 1 aromatic heterocycles. The highest BCUT2D eigenvalue weighted by Gasteiger charge is 2.48. The maximum Gasteiger partial charge on any atom is 0.350 e. The second-order valence-electron chi connectivity index (χ2n) is 9.43. The van der Waals surface area contributed by atoms with Gasteiger partial charge in [-0.1, -0.05) is 36.1 Å². The standard InChI is InChI=1S/C30H28N2O7S/c1-5-12-38-21-9-7-8-18(15-21)24-23(25(33)19-10-11-22-20(14-19)13-16(3)39-22)26(34)28(35)32(24)30-31-17(4)27(40-30)29(36)37-6-2/h5,7-11,14-16,24,33H,1,6,12-13H2,2-4H3. The molecule has 40 heavy (non-hydrogen) atoms. The Morgan fingerprint density at radius 1 is 1.27 bits per heavy atom. The summed E-state index contributed by atoms with van der Waals surface area (Å²) in [4.78, 5) is 45.5. The summed E-state index contributed by atoms with van der Waals surface area (Å²) in [5.41, 5.74) is 2.09. The number of carbonyl (C=O) groups is 3. The van der Waals surface area contributed by atoms with Crippen molar-refractivity contribution in [1.29, 1.82) is 0 Å². The first kappa shape index (κ1) is 27.1. The monoisotopic (exact) mass is 560 g/mol. The van der Waals surface area contributed by atoms with Gasteiger partial charge in [0.1, 0.15) is 34.8 Å². The zero-order valence-corrected chi connectivity index (χ0v) is 23.1. The Morgan fingerprint density at radius 3 is 2.83 bits per heavy atom. The van der Waals surface area contributed by atoms with Gasteiger partial charge in [-0.05, 0) is 62.2 Å². The van der Waals surface area contributed by atoms with Crippen molar-refractivity contribution < 1.29 is 33.7 Å². The fourth-order valence-corrected chi connectivity index (χ4v) is 5.86. The van der Waals surface area contributed by atoms with Crippen LogP contribution in [-0.2, 0) is 20.7 Å². The van der Waals surface area contributed by atoms with E-state index in [0.717, 1.165) is 22.6 Å². The second kappa shape index (κ2) is 11.0. The molecule has 2 aliphatic rings. The number of rotatable bonds is 8. The quantitative estimate of drug-likeness (QED) is 0.132. The number of hydrogen-bond acceptors (Lipinski definition) is 9. The van der Waals surface area contributed by atoms with Crippen molar-refractivity contribution in [3.8, 4) is 11.5 Å². The number of aliphatic hydroxyl groups excluding tert-OH is 1. The molecule has 2 aliphatic heterocycles. The third-order valence-corrected chi connectivity index (χ3v) is 7.74. The molecule has 0 aliphatic carbocycles. The highest BCUT2D eigenvalue weighted by atomic mass is 32.1. The molecule has 5 rings (SSSR count). The summed E-state index contributed by atoms with van der Waals surface area (Å²) in [6.07, 6.45) is 2.26. The molecule has 0 bridgehead atoms. The fraction of sp³-hybridized carbons (Fsp3) is 0.267. The van der Waals surface area contributed by atoms with Gasteiger partial charge in [-0.25, -0.2) is 9.78 Å². The zero-order chi connectivity index (χ0) is 28.6. The number of nitrogens with zero attached hydrogens (tertiary/aromatic N) is 2. The number of carbonyl (C=O) groups excluding carboxylic acids is 3. The Morgan fingerprint density at radius 2 is 2.08 bits per heavy atom. The van der Waals surface area contributed by atoms with Gasteiger partial charge in [0, 0.05) is 12.0 Å². The summed E-state index contributed by atoms with van der Waals surface area (Å²) in [6, 6.07) is 11.1. The average Bonchev–Trinajstić information content (AvgIpc) is 3.59. The van der Waals surface area contributed by atoms with Gasteiger partial charge in [-0.2, -0.15) is 0 Å². The largest absolute Gasteiger partial charge is 0.507 e. The van der Waals surface area contributed by atoms with Crippen molar-refractivity contribution in [1.82, 2.24) is 4.98 Å². The second-order valence-corrected chi connectivity index (χ2v) is 10.4. The van der Waals surface area contributed by atoms with Gasteiger partial charge < -0.3 is 19.3 Å². The van der Waals surface area contributed by atoms with Crippen molar-refractivity contribution in [2.24, 2.45) is 0 Å². The molecule has 0 spiro atoms. The molecule has 1 amide bonds. The zero-order valence-electron chi connectivity index (χ0n) is 22.3. The van der Waals surface area contributed by atoms with Crippen LogP contribution in [0.5, 0.6) is 11.5 Å². The summed E-state index contributed by atoms with van der Waals surface area (Å²) >= 11 is 0.955. The summed E-state index contributed by atoms with van der Waals surface area (Å²) in [7, 11) is 0. The third kappa shape index (κ3) is 4.86. The molecule has 9 nitrogen and oxygen atoms in total. The smallest absolute Gasteiger partial charge is 0.350 e. The number of hydrogen-bond donors (Lipinski definition) is 1. The highest BCUT2D eigenvalue weighted by molar-refractivity contribution is 7.17. The Labute approximate surface area is 235 Å². The summed E-state index contributed by atoms with van der Waals surface area (Å²) in [5.74, 6) is -1.40. The molecule has 2 atom stereocenters. The molecule has 10 heteroatoms. The SMILES string of the molecule is C=CCOc1cccc(C2C(=C(O)c3ccc4c(c3)CC(C)O4)C(=O)C(=O)N2c2nc(C)c(C(=O)OCC)s2)c1. The van der Waals surface area contributed by atoms with Crippen molar-refractivity contribution in [2.75, 3.05) is 18.1 Å². The van der Waals surface area contributed by atoms with Crippen LogP contribution in [0.15, 0.2) is 60.7 Å². The number of amides is 1. The van der Waals surface area contributed by atoms with E-state index in [1.54, 1.807) is 62.4 Å². The Kier molecular flexibility index (Phi) is 7.44. The van der Waals surface area contributed by atoms with Crippen LogP contribution < -0.4 is 14.4 Å². The minimum Gasteiger partial charge on any atom is -0.507 e. The maximum absolute atomic E-state index is 13.6. The van der Waals surface area contributed by atoms with E-state index in [-0.39, 0.29) is 40.7 Å². The number of ketones is 1. The third-order valence-electron chi connectivity index (χ3n) is 6.61. The number of Topliss-reactive ketones (excluding diaryl/α,β-unsaturated/α-hetero) is 1. The summed E-state index contributed by atoms with van der Waals surface area (Å²) in [6.45, 7) is 9.38. The van der Waals surface area contributed by atoms with Gasteiger partial charge in [0.2, 0.25) is 0 Å². The van der Waals surface area contributed by atoms with Crippen molar-refractivity contribution in [2.45, 2.75) is 39.3 Å². The van der Waals surface area contributed by atoms with Gasteiger partial charge in [0.05, 0.1) is 23.9 Å². The van der Waals surface area contributed by atoms with E-state index >= 15 is 0 Å². The molecular weight excluding hydrogens is 532 g/mol. The molecular formula is C30H28N2O7S. The molecule has 1 N–H and O–H groups in total. The summed E-state index contributed by atoms with van der Waals surface area (Å²) < 4.78 is 16.6. The first-order valence-corrected chi connectivity index (χ1v) is 13.6. The number of thiazole rings is 1. The lowest BCUT2D eigenvalue weighted by Gasteiger charge is -2.23. The first-order valence-electron chi connectivity index (χ1n) is 12.8. The Bertz CT molecular complexity index is 1560. The highest BCUT2D eigenvalue weighted by Crippen LogP contribution is 2.45. The molecule has 3 aromatic rings. The van der Waals surface area contributed by atoms with Crippen LogP contribution in [0.4, 0.5) is 5.13 Å². The van der Waals surface area contributed by atoms with Crippen molar-refractivity contribution in [3.05, 3.63) is 88.0 Å². The normalized spacial score (nSPS) is 19.3. The lowest BCUT2D eigenvalue weighted by atomic mass is 9.94. The van der Waals surface area contributed by atoms with Crippen LogP contribution in [0, 0.1) is 6.92 Å². The number of esters is 1. The Hall–Kier alpha value is -4.44. The van der Waals surface area contributed by atoms with Gasteiger partial charge >= 0.3 is 11.9 Å². The number of ether oxygens (including phenoxy) is 3. The number of anilines is 1. The molecule has 0 saturated carbocycles. The topological polar surface area (TPSA) is 115 Å². The van der Waals surface area contributed by atoms with E-state index in [2.05, 4.69) is 11.6 Å². The molecule has 2 unspecified atom stereocenters. The molecule has 1 saturated heterocycles. The Balaban J connectivity index is 1.67. The molecule has 1 fully saturated rings. The molecule has 206 valence electrons. The minimum atomic E-state index is -1.03. The van der Waals surface area contributed by atoms with E-state index in [1.165, 1.54) is 4.90 Å². The lowest BCUT2D eigenvalue weighted by molar-refractivity contribution is -0.132.